The highest BCUT2D eigenvalue weighted by atomic mass is 16.4. The molecule has 0 heterocycles. The van der Waals surface area contributed by atoms with Crippen LogP contribution in [0.3, 0.4) is 0 Å². The molecule has 2 rings (SSSR count). The molecule has 0 aromatic rings. The minimum absolute atomic E-state index is 0.435. The van der Waals surface area contributed by atoms with Crippen molar-refractivity contribution in [2.24, 2.45) is 5.92 Å². The van der Waals surface area contributed by atoms with Crippen molar-refractivity contribution < 1.29 is 9.90 Å². The molecule has 2 saturated carbocycles. The fourth-order valence-electron chi connectivity index (χ4n) is 3.58. The van der Waals surface area contributed by atoms with E-state index in [1.54, 1.807) is 0 Å². The van der Waals surface area contributed by atoms with E-state index in [0.717, 1.165) is 32.1 Å². The summed E-state index contributed by atoms with van der Waals surface area (Å²) in [5.41, 5.74) is -0.625. The third-order valence-corrected chi connectivity index (χ3v) is 4.49. The molecular formula is C14H25NO2. The molecule has 17 heavy (non-hydrogen) atoms. The molecule has 2 aliphatic rings. The summed E-state index contributed by atoms with van der Waals surface area (Å²) in [5, 5.41) is 13.1. The van der Waals surface area contributed by atoms with Gasteiger partial charge in [-0.25, -0.2) is 0 Å². The predicted molar refractivity (Wildman–Crippen MR) is 68.0 cm³/mol. The summed E-state index contributed by atoms with van der Waals surface area (Å²) in [6, 6.07) is 0.435. The Bertz CT molecular complexity index is 273. The standard InChI is InChI=1S/C14H25NO2/c1-11-6-5-9-14(10-11,13(16)17)15-12-7-3-2-4-8-12/h11-12,15H,2-10H2,1H3,(H,16,17). The molecule has 2 fully saturated rings. The molecule has 98 valence electrons. The molecular weight excluding hydrogens is 214 g/mol. The van der Waals surface area contributed by atoms with Crippen molar-refractivity contribution in [3.05, 3.63) is 0 Å². The SMILES string of the molecule is CC1CCCC(NC2CCCCC2)(C(=O)O)C1. The molecule has 0 amide bonds. The maximum Gasteiger partial charge on any atom is 0.323 e. The average molecular weight is 239 g/mol. The van der Waals surface area contributed by atoms with Crippen molar-refractivity contribution in [1.29, 1.82) is 0 Å². The Morgan fingerprint density at radius 1 is 1.18 bits per heavy atom. The molecule has 0 radical (unpaired) electrons. The topological polar surface area (TPSA) is 49.3 Å². The zero-order valence-electron chi connectivity index (χ0n) is 10.9. The highest BCUT2D eigenvalue weighted by Gasteiger charge is 2.43. The van der Waals surface area contributed by atoms with Gasteiger partial charge in [0.2, 0.25) is 0 Å². The van der Waals surface area contributed by atoms with Gasteiger partial charge in [-0.3, -0.25) is 10.1 Å². The van der Waals surface area contributed by atoms with Crippen LogP contribution in [-0.4, -0.2) is 22.7 Å². The van der Waals surface area contributed by atoms with Crippen LogP contribution in [0.4, 0.5) is 0 Å². The maximum atomic E-state index is 11.6. The van der Waals surface area contributed by atoms with Crippen LogP contribution in [-0.2, 0) is 4.79 Å². The molecule has 3 heteroatoms. The van der Waals surface area contributed by atoms with Gasteiger partial charge in [0.15, 0.2) is 0 Å². The van der Waals surface area contributed by atoms with Crippen molar-refractivity contribution in [2.75, 3.05) is 0 Å². The number of carbonyl (C=O) groups is 1. The Morgan fingerprint density at radius 2 is 1.88 bits per heavy atom. The smallest absolute Gasteiger partial charge is 0.323 e. The second-order valence-corrected chi connectivity index (χ2v) is 6.07. The van der Waals surface area contributed by atoms with E-state index in [2.05, 4.69) is 12.2 Å². The molecule has 2 N–H and O–H groups in total. The van der Waals surface area contributed by atoms with Gasteiger partial charge in [-0.15, -0.1) is 0 Å². The first kappa shape index (κ1) is 12.9. The minimum atomic E-state index is -0.630. The summed E-state index contributed by atoms with van der Waals surface area (Å²) in [6.07, 6.45) is 9.98. The number of hydrogen-bond acceptors (Lipinski definition) is 2. The van der Waals surface area contributed by atoms with Crippen LogP contribution in [0.25, 0.3) is 0 Å². The van der Waals surface area contributed by atoms with Crippen molar-refractivity contribution in [2.45, 2.75) is 76.3 Å². The Morgan fingerprint density at radius 3 is 2.47 bits per heavy atom. The number of carboxylic acids is 1. The maximum absolute atomic E-state index is 11.6. The van der Waals surface area contributed by atoms with Gasteiger partial charge in [0.1, 0.15) is 5.54 Å². The van der Waals surface area contributed by atoms with Crippen LogP contribution in [0.15, 0.2) is 0 Å². The van der Waals surface area contributed by atoms with E-state index in [1.165, 1.54) is 25.7 Å². The predicted octanol–water partition coefficient (Wildman–Crippen LogP) is 2.94. The molecule has 0 aromatic heterocycles. The van der Waals surface area contributed by atoms with Crippen molar-refractivity contribution >= 4 is 5.97 Å². The minimum Gasteiger partial charge on any atom is -0.480 e. The second kappa shape index (κ2) is 5.38. The van der Waals surface area contributed by atoms with E-state index >= 15 is 0 Å². The zero-order valence-corrected chi connectivity index (χ0v) is 10.9. The summed E-state index contributed by atoms with van der Waals surface area (Å²) < 4.78 is 0. The molecule has 2 atom stereocenters. The van der Waals surface area contributed by atoms with Crippen LogP contribution >= 0.6 is 0 Å². The number of carboxylic acid groups (broad SMARTS) is 1. The van der Waals surface area contributed by atoms with Crippen molar-refractivity contribution in [3.8, 4) is 0 Å². The van der Waals surface area contributed by atoms with Gasteiger partial charge in [0, 0.05) is 6.04 Å². The first-order valence-corrected chi connectivity index (χ1v) is 7.13. The van der Waals surface area contributed by atoms with Crippen LogP contribution in [0.2, 0.25) is 0 Å². The fourth-order valence-corrected chi connectivity index (χ4v) is 3.58. The summed E-state index contributed by atoms with van der Waals surface area (Å²) in [7, 11) is 0. The monoisotopic (exact) mass is 239 g/mol. The van der Waals surface area contributed by atoms with E-state index in [-0.39, 0.29) is 0 Å². The van der Waals surface area contributed by atoms with E-state index in [9.17, 15) is 9.90 Å². The molecule has 0 saturated heterocycles. The molecule has 0 aromatic carbocycles. The van der Waals surface area contributed by atoms with Crippen LogP contribution < -0.4 is 5.32 Å². The lowest BCUT2D eigenvalue weighted by atomic mass is 9.75. The van der Waals surface area contributed by atoms with Gasteiger partial charge < -0.3 is 5.11 Å². The summed E-state index contributed by atoms with van der Waals surface area (Å²) >= 11 is 0. The Hall–Kier alpha value is -0.570. The number of hydrogen-bond donors (Lipinski definition) is 2. The summed E-state index contributed by atoms with van der Waals surface area (Å²) in [6.45, 7) is 2.18. The highest BCUT2D eigenvalue weighted by molar-refractivity contribution is 5.79. The third-order valence-electron chi connectivity index (χ3n) is 4.49. The molecule has 2 aliphatic carbocycles. The third kappa shape index (κ3) is 3.01. The second-order valence-electron chi connectivity index (χ2n) is 6.07. The zero-order chi connectivity index (χ0) is 12.3. The van der Waals surface area contributed by atoms with Crippen LogP contribution in [0, 0.1) is 5.92 Å². The highest BCUT2D eigenvalue weighted by Crippen LogP contribution is 2.34. The van der Waals surface area contributed by atoms with E-state index in [4.69, 9.17) is 0 Å². The van der Waals surface area contributed by atoms with Crippen molar-refractivity contribution in [3.63, 3.8) is 0 Å². The quantitative estimate of drug-likeness (QED) is 0.796. The van der Waals surface area contributed by atoms with Gasteiger partial charge in [-0.1, -0.05) is 39.0 Å². The average Bonchev–Trinajstić information content (AvgIpc) is 2.30. The first-order chi connectivity index (χ1) is 8.12. The molecule has 0 spiro atoms. The van der Waals surface area contributed by atoms with Gasteiger partial charge in [0.25, 0.3) is 0 Å². The van der Waals surface area contributed by atoms with E-state index in [0.29, 0.717) is 12.0 Å². The van der Waals surface area contributed by atoms with Crippen LogP contribution in [0.5, 0.6) is 0 Å². The summed E-state index contributed by atoms with van der Waals surface area (Å²) in [4.78, 5) is 11.6. The van der Waals surface area contributed by atoms with Gasteiger partial charge >= 0.3 is 5.97 Å². The first-order valence-electron chi connectivity index (χ1n) is 7.13. The normalized spacial score (nSPS) is 35.7. The molecule has 0 aliphatic heterocycles. The van der Waals surface area contributed by atoms with Crippen molar-refractivity contribution in [1.82, 2.24) is 5.32 Å². The lowest BCUT2D eigenvalue weighted by Gasteiger charge is -2.41. The van der Waals surface area contributed by atoms with Crippen LogP contribution in [0.1, 0.15) is 64.7 Å². The number of nitrogens with one attached hydrogen (secondary N) is 1. The van der Waals surface area contributed by atoms with E-state index in [1.807, 2.05) is 0 Å². The fraction of sp³-hybridized carbons (Fsp3) is 0.929. The van der Waals surface area contributed by atoms with E-state index < -0.39 is 11.5 Å². The van der Waals surface area contributed by atoms with Gasteiger partial charge in [0.05, 0.1) is 0 Å². The lowest BCUT2D eigenvalue weighted by Crippen LogP contribution is -2.58. The number of rotatable bonds is 3. The lowest BCUT2D eigenvalue weighted by molar-refractivity contribution is -0.147. The Labute approximate surface area is 104 Å². The number of aliphatic carboxylic acids is 1. The Balaban J connectivity index is 2.02. The summed E-state index contributed by atoms with van der Waals surface area (Å²) in [5.74, 6) is -0.0921. The Kier molecular flexibility index (Phi) is 4.08. The largest absolute Gasteiger partial charge is 0.480 e. The van der Waals surface area contributed by atoms with Gasteiger partial charge in [-0.2, -0.15) is 0 Å². The van der Waals surface area contributed by atoms with Gasteiger partial charge in [-0.05, 0) is 31.6 Å². The molecule has 3 nitrogen and oxygen atoms in total. The molecule has 2 unspecified atom stereocenters. The molecule has 0 bridgehead atoms.